The quantitative estimate of drug-likeness (QED) is 0.0736. The molecule has 6 spiro atoms. The van der Waals surface area contributed by atoms with Gasteiger partial charge in [-0.3, -0.25) is 29.5 Å². The third kappa shape index (κ3) is 17.0. The lowest BCUT2D eigenvalue weighted by Gasteiger charge is -2.55. The molecule has 40 heteroatoms. The Morgan fingerprint density at radius 1 is 0.345 bits per heavy atom. The zero-order chi connectivity index (χ0) is 94.5. The van der Waals surface area contributed by atoms with E-state index in [9.17, 15) is 4.79 Å². The molecule has 25 rings (SSSR count). The van der Waals surface area contributed by atoms with Crippen molar-refractivity contribution < 1.29 is 19.0 Å². The summed E-state index contributed by atoms with van der Waals surface area (Å²) in [6.45, 7) is 7.71. The van der Waals surface area contributed by atoms with Crippen LogP contribution in [0.25, 0.3) is 32.3 Å². The second-order valence-electron chi connectivity index (χ2n) is 47.2. The Bertz CT molecular complexity index is 5510. The van der Waals surface area contributed by atoms with E-state index < -0.39 is 89.4 Å². The molecule has 0 amide bonds. The standard InChI is InChI=1S/2C34H40N2O.C28H29NO2.3CH4.B31/c2*1-32-14-12-26-19-25-4-5-29(36-27-6-7-28(36)9-8-27)20-33(25)15-16-34(26,37-33)31(32)11-10-30(32)23-3-2-22-13-17-35-21-24(22)18-23;1-26-10-8-22-15-21-4-5-23(30)16-27(21)11-12-28(22,31-27)25(26)7-6-24(26)19-3-2-18-9-13-29-17-20(18)14-19;;;;1-17-25(16)29(24(14)15)31(28(22(10)11)23(12)13)30(26(18(2)3)19(4)5)27(20(6)7)21(8)9/h2*2-3,12-13,17-19,21,27-31H,4-11,14-16,20H2,1H3;2-3,8-9,13-15,17,24-25H,4-7,10-12,16H2,1H3;3*1H4;/t27?,28?,29-,30?,31+,32+,33?,34+;27?,28?,29-,30?,31-,32-,33?,34-;24?,25-,26-,27?,28-;;;;/m011..../s1. The highest BCUT2D eigenvalue weighted by Gasteiger charge is 2.72. The first-order valence-electron chi connectivity index (χ1n) is 52.6. The van der Waals surface area contributed by atoms with E-state index in [-0.39, 0.29) is 72.1 Å². The van der Waals surface area contributed by atoms with Crippen LogP contribution in [0.5, 0.6) is 0 Å². The molecule has 3 aromatic heterocycles. The molecular formula is C99H121B31N5O4. The molecule has 659 valence electrons. The van der Waals surface area contributed by atoms with Crippen molar-refractivity contribution in [3.8, 4) is 0 Å². The molecule has 17 atom stereocenters. The van der Waals surface area contributed by atoms with Crippen LogP contribution in [0.15, 0.2) is 180 Å². The third-order valence-corrected chi connectivity index (χ3v) is 40.9. The van der Waals surface area contributed by atoms with Crippen LogP contribution in [0.3, 0.4) is 0 Å². The predicted octanol–water partition coefficient (Wildman–Crippen LogP) is 11.1. The molecule has 10 aliphatic heterocycles. The van der Waals surface area contributed by atoms with Gasteiger partial charge in [-0.15, -0.1) is 0 Å². The molecular weight excluding hydrogens is 1660 g/mol. The molecule has 13 heterocycles. The van der Waals surface area contributed by atoms with Gasteiger partial charge in [0.1, 0.15) is 5.78 Å². The van der Waals surface area contributed by atoms with E-state index in [2.05, 4.69) is 155 Å². The van der Waals surface area contributed by atoms with E-state index in [0.717, 1.165) is 61.9 Å². The summed E-state index contributed by atoms with van der Waals surface area (Å²) in [7, 11) is 98.1. The lowest BCUT2D eigenvalue weighted by atomic mass is 8.31. The van der Waals surface area contributed by atoms with E-state index in [4.69, 9.17) is 138 Å². The Morgan fingerprint density at radius 3 is 0.978 bits per heavy atom. The summed E-state index contributed by atoms with van der Waals surface area (Å²) in [5.41, 5.74) is 13.9. The first kappa shape index (κ1) is 103. The van der Waals surface area contributed by atoms with Gasteiger partial charge in [-0.25, -0.2) is 0 Å². The van der Waals surface area contributed by atoms with Gasteiger partial charge in [-0.05, 0) is 347 Å². The van der Waals surface area contributed by atoms with Crippen LogP contribution in [-0.4, -0.2) is 321 Å². The monoisotopic (exact) mass is 1790 g/mol. The Balaban J connectivity index is 0.000000118. The van der Waals surface area contributed by atoms with Crippen molar-refractivity contribution >= 4 is 258 Å². The Kier molecular flexibility index (Phi) is 29.3. The van der Waals surface area contributed by atoms with Crippen molar-refractivity contribution in [1.82, 2.24) is 24.8 Å². The molecule has 9 aliphatic carbocycles. The number of Topliss-reactive ketones (excluding diaryl/α,β-unsaturated/α-hetero) is 1. The number of carbonyl (C=O) groups excluding carboxylic acids is 1. The second-order valence-corrected chi connectivity index (χ2v) is 47.2. The van der Waals surface area contributed by atoms with E-state index >= 15 is 0 Å². The maximum atomic E-state index is 12.4. The van der Waals surface area contributed by atoms with Gasteiger partial charge in [0.2, 0.25) is 0 Å². The van der Waals surface area contributed by atoms with Crippen molar-refractivity contribution in [2.24, 2.45) is 34.0 Å². The topological polar surface area (TPSA) is 89.9 Å². The van der Waals surface area contributed by atoms with Crippen LogP contribution in [0.1, 0.15) is 283 Å². The molecule has 6 unspecified atom stereocenters. The van der Waals surface area contributed by atoms with Gasteiger partial charge in [0.25, 0.3) is 0 Å². The highest BCUT2D eigenvalue weighted by atomic mass is 16.5. The van der Waals surface area contributed by atoms with Crippen LogP contribution in [0.2, 0.25) is 0 Å². The van der Waals surface area contributed by atoms with E-state index in [1.165, 1.54) is 234 Å². The Morgan fingerprint density at radius 2 is 0.655 bits per heavy atom. The molecule has 13 fully saturated rings. The van der Waals surface area contributed by atoms with Crippen LogP contribution >= 0.6 is 0 Å². The van der Waals surface area contributed by atoms with Gasteiger partial charge in [0.05, 0.1) is 33.6 Å². The number of hydrogen-bond acceptors (Lipinski definition) is 9. The Hall–Kier alpha value is -4.19. The second kappa shape index (κ2) is 39.4. The lowest BCUT2D eigenvalue weighted by Crippen LogP contribution is -2.89. The van der Waals surface area contributed by atoms with Gasteiger partial charge >= 0.3 is 0 Å². The molecule has 7 saturated heterocycles. The maximum absolute atomic E-state index is 12.4. The number of hydrogen-bond donors (Lipinski definition) is 0. The summed E-state index contributed by atoms with van der Waals surface area (Å²) in [6.07, 6.45) is 53.4. The SMILES string of the molecule is C.C.C.C[C@]12CC=C3C=C4CCC(=O)CC45CC[C@]3(O5)[C@@H]1CCC2c1ccc2ccncc2c1.C[C@]12CC=C3C=C4CC[C@@H](N5C6CCC5CC6)CC45CC[C@]3(O5)[C@@H]1CCC2c1ccc2ccncc2c1.C[C@]12CC=C3C=C4CC[C@H](N5C6CCC5CC6)CC45CC[C@]3(O5)[C@@H]1CCC2c1ccc2ccncc2c1.[B][B]B([B])B(B([B])[B])B(B(B([B])[B])B([B])[B])B(B(B([B])[B])B([B])[B])B(B([B])[B])B([B])[B]. The minimum Gasteiger partial charge on any atom is -0.359 e. The molecule has 10 bridgehead atoms. The first-order chi connectivity index (χ1) is 65.3. The smallest absolute Gasteiger partial charge is 0.136 e. The molecule has 0 N–H and O–H groups in total. The van der Waals surface area contributed by atoms with Gasteiger partial charge in [0.15, 0.2) is 0 Å². The maximum Gasteiger partial charge on any atom is 0.136 e. The molecule has 3 aromatic carbocycles. The van der Waals surface area contributed by atoms with Gasteiger partial charge < -0.3 is 14.2 Å². The summed E-state index contributed by atoms with van der Waals surface area (Å²) in [6, 6.07) is 32.6. The number of benzene rings is 3. The van der Waals surface area contributed by atoms with Crippen molar-refractivity contribution in [2.45, 2.75) is 336 Å². The zero-order valence-corrected chi connectivity index (χ0v) is 80.7. The number of aromatic nitrogens is 3. The third-order valence-electron chi connectivity index (χ3n) is 40.9. The van der Waals surface area contributed by atoms with E-state index in [0.29, 0.717) is 54.1 Å². The van der Waals surface area contributed by atoms with Crippen LogP contribution < -0.4 is 0 Å². The fourth-order valence-corrected chi connectivity index (χ4v) is 34.9. The Labute approximate surface area is 862 Å². The first-order valence-corrected chi connectivity index (χ1v) is 52.6. The molecule has 139 heavy (non-hydrogen) atoms. The normalized spacial score (nSPS) is 35.6. The average Bonchev–Trinajstić information content (AvgIpc) is 1.53. The number of carbonyl (C=O) groups is 1. The number of ether oxygens (including phenoxy) is 3. The molecule has 6 aromatic rings. The van der Waals surface area contributed by atoms with Crippen molar-refractivity contribution in [3.05, 3.63) is 197 Å². The highest BCUT2D eigenvalue weighted by molar-refractivity contribution is 8.28. The number of pyridine rings is 3. The van der Waals surface area contributed by atoms with Crippen LogP contribution in [-0.2, 0) is 19.0 Å². The van der Waals surface area contributed by atoms with Crippen molar-refractivity contribution in [1.29, 1.82) is 0 Å². The zero-order valence-electron chi connectivity index (χ0n) is 80.7. The highest BCUT2D eigenvalue weighted by Crippen LogP contribution is 2.74. The summed E-state index contributed by atoms with van der Waals surface area (Å²) in [4.78, 5) is 31.5. The van der Waals surface area contributed by atoms with Crippen LogP contribution in [0.4, 0.5) is 0 Å². The lowest BCUT2D eigenvalue weighted by molar-refractivity contribution is -0.146. The minimum atomic E-state index is -1.07. The van der Waals surface area contributed by atoms with Crippen molar-refractivity contribution in [2.75, 3.05) is 0 Å². The molecule has 6 saturated carbocycles. The molecule has 19 aliphatic rings. The summed E-state index contributed by atoms with van der Waals surface area (Å²) < 4.78 is 22.4. The fraction of sp³-hybridized carbons (Fsp3) is 0.596. The largest absolute Gasteiger partial charge is 0.359 e. The number of rotatable bonds is 19. The van der Waals surface area contributed by atoms with Crippen molar-refractivity contribution in [3.63, 3.8) is 0 Å². The average molecular weight is 1780 g/mol. The molecule has 9 nitrogen and oxygen atoms in total. The van der Waals surface area contributed by atoms with Gasteiger partial charge in [-0.2, -0.15) is 0 Å². The minimum absolute atomic E-state index is 0. The number of allylic oxidation sites excluding steroid dienone is 3. The van der Waals surface area contributed by atoms with Gasteiger partial charge in [-0.1, -0.05) is 116 Å². The fourth-order valence-electron chi connectivity index (χ4n) is 34.9. The number of ketones is 1. The van der Waals surface area contributed by atoms with E-state index in [1.807, 2.05) is 37.2 Å². The summed E-state index contributed by atoms with van der Waals surface area (Å²) in [5.74, 6) is 3.87. The summed E-state index contributed by atoms with van der Waals surface area (Å²) >= 11 is 0. The molecule has 33 radical (unpaired) electrons. The van der Waals surface area contributed by atoms with Gasteiger partial charge in [0, 0.05) is 323 Å². The number of fused-ring (bicyclic) bond motifs is 10. The van der Waals surface area contributed by atoms with E-state index in [1.54, 1.807) is 22.3 Å². The van der Waals surface area contributed by atoms with Crippen LogP contribution in [0, 0.1) is 34.0 Å². The predicted molar refractivity (Wildman–Crippen MR) is 614 cm³/mol. The summed E-state index contributed by atoms with van der Waals surface area (Å²) in [5, 5.41) is 7.65. The number of nitrogens with zero attached hydrogens (tertiary/aromatic N) is 5.